The Balaban J connectivity index is 1.38. The van der Waals surface area contributed by atoms with Crippen molar-refractivity contribution >= 4 is 11.8 Å². The molecule has 0 radical (unpaired) electrons. The normalized spacial score (nSPS) is 20.1. The summed E-state index contributed by atoms with van der Waals surface area (Å²) in [7, 11) is 1.88. The molecule has 1 aromatic rings. The van der Waals surface area contributed by atoms with E-state index in [0.717, 1.165) is 35.3 Å². The number of nitrogens with zero attached hydrogens (tertiary/aromatic N) is 4. The minimum Gasteiger partial charge on any atom is -0.313 e. The molecule has 2 aliphatic carbocycles. The smallest absolute Gasteiger partial charge is 0.209 e. The lowest BCUT2D eigenvalue weighted by Crippen LogP contribution is -2.34. The first-order valence-electron chi connectivity index (χ1n) is 6.43. The van der Waals surface area contributed by atoms with Crippen LogP contribution in [0.5, 0.6) is 0 Å². The van der Waals surface area contributed by atoms with E-state index < -0.39 is 0 Å². The number of hydrogen-bond acceptors (Lipinski definition) is 5. The van der Waals surface area contributed by atoms with Gasteiger partial charge in [-0.05, 0) is 47.9 Å². The molecule has 2 aliphatic rings. The molecule has 3 rings (SSSR count). The first kappa shape index (κ1) is 11.5. The summed E-state index contributed by atoms with van der Waals surface area (Å²) >= 11 is 1.72. The largest absolute Gasteiger partial charge is 0.313 e. The molecule has 2 fully saturated rings. The van der Waals surface area contributed by atoms with Crippen LogP contribution in [0.3, 0.4) is 0 Å². The van der Waals surface area contributed by atoms with Gasteiger partial charge in [0.15, 0.2) is 0 Å². The highest BCUT2D eigenvalue weighted by molar-refractivity contribution is 7.99. The van der Waals surface area contributed by atoms with E-state index in [0.29, 0.717) is 0 Å². The van der Waals surface area contributed by atoms with Crippen LogP contribution in [0.4, 0.5) is 0 Å². The van der Waals surface area contributed by atoms with Gasteiger partial charge in [0.25, 0.3) is 0 Å². The van der Waals surface area contributed by atoms with Crippen LogP contribution in [0, 0.1) is 11.8 Å². The van der Waals surface area contributed by atoms with E-state index in [1.54, 1.807) is 16.4 Å². The minimum absolute atomic E-state index is 0.799. The topological polar surface area (TPSA) is 55.6 Å². The minimum atomic E-state index is 0.799. The first-order valence-corrected chi connectivity index (χ1v) is 7.41. The Hall–Kier alpha value is -0.620. The molecule has 0 saturated heterocycles. The number of aryl methyl sites for hydroxylation is 1. The molecule has 5 nitrogen and oxygen atoms in total. The number of nitrogens with one attached hydrogen (secondary N) is 1. The van der Waals surface area contributed by atoms with Gasteiger partial charge in [-0.1, -0.05) is 11.8 Å². The Morgan fingerprint density at radius 1 is 1.35 bits per heavy atom. The van der Waals surface area contributed by atoms with Crippen molar-refractivity contribution in [3.8, 4) is 0 Å². The molecular weight excluding hydrogens is 234 g/mol. The standard InChI is InChI=1S/C11H19N5S/c1-16-11(13-14-15-16)17-7-6-12-10(8-2-3-8)9-4-5-9/h8-10,12H,2-7H2,1H3. The van der Waals surface area contributed by atoms with Crippen molar-refractivity contribution in [2.75, 3.05) is 12.3 Å². The second-order valence-electron chi connectivity index (χ2n) is 5.09. The van der Waals surface area contributed by atoms with E-state index in [1.807, 2.05) is 7.05 Å². The molecule has 94 valence electrons. The summed E-state index contributed by atoms with van der Waals surface area (Å²) in [4.78, 5) is 0. The molecule has 0 unspecified atom stereocenters. The lowest BCUT2D eigenvalue weighted by atomic mass is 10.1. The maximum atomic E-state index is 3.96. The summed E-state index contributed by atoms with van der Waals surface area (Å²) < 4.78 is 1.73. The van der Waals surface area contributed by atoms with Crippen molar-refractivity contribution in [3.63, 3.8) is 0 Å². The van der Waals surface area contributed by atoms with E-state index in [2.05, 4.69) is 20.8 Å². The van der Waals surface area contributed by atoms with Crippen molar-refractivity contribution in [1.82, 2.24) is 25.5 Å². The molecule has 0 aromatic carbocycles. The zero-order valence-corrected chi connectivity index (χ0v) is 11.0. The average molecular weight is 253 g/mol. The summed E-state index contributed by atoms with van der Waals surface area (Å²) in [6.07, 6.45) is 5.76. The number of tetrazole rings is 1. The highest BCUT2D eigenvalue weighted by atomic mass is 32.2. The van der Waals surface area contributed by atoms with Gasteiger partial charge in [0.1, 0.15) is 0 Å². The van der Waals surface area contributed by atoms with E-state index in [-0.39, 0.29) is 0 Å². The van der Waals surface area contributed by atoms with Gasteiger partial charge in [-0.15, -0.1) is 5.10 Å². The van der Waals surface area contributed by atoms with Gasteiger partial charge in [-0.2, -0.15) is 0 Å². The van der Waals surface area contributed by atoms with E-state index in [4.69, 9.17) is 0 Å². The third-order valence-electron chi connectivity index (χ3n) is 3.55. The van der Waals surface area contributed by atoms with Gasteiger partial charge in [0, 0.05) is 25.4 Å². The first-order chi connectivity index (χ1) is 8.34. The lowest BCUT2D eigenvalue weighted by Gasteiger charge is -2.17. The maximum Gasteiger partial charge on any atom is 0.209 e. The molecule has 1 N–H and O–H groups in total. The predicted molar refractivity (Wildman–Crippen MR) is 66.8 cm³/mol. The van der Waals surface area contributed by atoms with Gasteiger partial charge >= 0.3 is 0 Å². The predicted octanol–water partition coefficient (Wildman–Crippen LogP) is 1.08. The average Bonchev–Trinajstić information content (AvgIpc) is 3.21. The van der Waals surface area contributed by atoms with Crippen molar-refractivity contribution in [2.24, 2.45) is 18.9 Å². The fraction of sp³-hybridized carbons (Fsp3) is 0.909. The quantitative estimate of drug-likeness (QED) is 0.582. The van der Waals surface area contributed by atoms with Crippen LogP contribution >= 0.6 is 11.8 Å². The fourth-order valence-electron chi connectivity index (χ4n) is 2.34. The van der Waals surface area contributed by atoms with E-state index >= 15 is 0 Å². The van der Waals surface area contributed by atoms with E-state index in [1.165, 1.54) is 25.7 Å². The van der Waals surface area contributed by atoms with Gasteiger partial charge in [-0.3, -0.25) is 0 Å². The molecule has 6 heteroatoms. The summed E-state index contributed by atoms with van der Waals surface area (Å²) in [5.41, 5.74) is 0. The summed E-state index contributed by atoms with van der Waals surface area (Å²) in [5.74, 6) is 3.00. The van der Waals surface area contributed by atoms with Crippen LogP contribution in [0.25, 0.3) is 0 Å². The lowest BCUT2D eigenvalue weighted by molar-refractivity contribution is 0.429. The van der Waals surface area contributed by atoms with Crippen LogP contribution in [0.1, 0.15) is 25.7 Å². The highest BCUT2D eigenvalue weighted by Gasteiger charge is 2.40. The molecule has 1 heterocycles. The number of rotatable bonds is 7. The van der Waals surface area contributed by atoms with Crippen LogP contribution < -0.4 is 5.32 Å². The van der Waals surface area contributed by atoms with Crippen molar-refractivity contribution in [2.45, 2.75) is 36.9 Å². The maximum absolute atomic E-state index is 3.96. The molecule has 0 bridgehead atoms. The van der Waals surface area contributed by atoms with Crippen LogP contribution in [-0.2, 0) is 7.05 Å². The van der Waals surface area contributed by atoms with Gasteiger partial charge in [-0.25, -0.2) is 4.68 Å². The Labute approximate surface area is 106 Å². The second-order valence-corrected chi connectivity index (χ2v) is 6.15. The van der Waals surface area contributed by atoms with Crippen LogP contribution in [-0.4, -0.2) is 38.5 Å². The molecule has 0 spiro atoms. The molecular formula is C11H19N5S. The molecule has 17 heavy (non-hydrogen) atoms. The molecule has 0 amide bonds. The summed E-state index contributed by atoms with van der Waals surface area (Å²) in [6.45, 7) is 1.06. The Morgan fingerprint density at radius 3 is 2.59 bits per heavy atom. The van der Waals surface area contributed by atoms with Gasteiger partial charge in [0.05, 0.1) is 0 Å². The molecule has 2 saturated carbocycles. The van der Waals surface area contributed by atoms with Gasteiger partial charge < -0.3 is 5.32 Å². The molecule has 1 aromatic heterocycles. The summed E-state index contributed by atoms with van der Waals surface area (Å²) in [5, 5.41) is 16.1. The fourth-order valence-corrected chi connectivity index (χ4v) is 3.06. The van der Waals surface area contributed by atoms with Crippen LogP contribution in [0.2, 0.25) is 0 Å². The molecule has 0 aliphatic heterocycles. The highest BCUT2D eigenvalue weighted by Crippen LogP contribution is 2.44. The third kappa shape index (κ3) is 2.98. The summed E-state index contributed by atoms with van der Waals surface area (Å²) in [6, 6.07) is 0.799. The van der Waals surface area contributed by atoms with Crippen molar-refractivity contribution in [1.29, 1.82) is 0 Å². The zero-order chi connectivity index (χ0) is 11.7. The Morgan fingerprint density at radius 2 is 2.06 bits per heavy atom. The Kier molecular flexibility index (Phi) is 3.33. The number of hydrogen-bond donors (Lipinski definition) is 1. The third-order valence-corrected chi connectivity index (χ3v) is 4.57. The monoisotopic (exact) mass is 253 g/mol. The molecule has 0 atom stereocenters. The number of aromatic nitrogens is 4. The van der Waals surface area contributed by atoms with Crippen molar-refractivity contribution < 1.29 is 0 Å². The SMILES string of the molecule is Cn1nnnc1SCCNC(C1CC1)C1CC1. The van der Waals surface area contributed by atoms with Crippen LogP contribution in [0.15, 0.2) is 5.16 Å². The van der Waals surface area contributed by atoms with E-state index in [9.17, 15) is 0 Å². The number of thioether (sulfide) groups is 1. The van der Waals surface area contributed by atoms with Crippen molar-refractivity contribution in [3.05, 3.63) is 0 Å². The van der Waals surface area contributed by atoms with Gasteiger partial charge in [0.2, 0.25) is 5.16 Å². The second kappa shape index (κ2) is 4.94. The Bertz CT molecular complexity index is 360. The zero-order valence-electron chi connectivity index (χ0n) is 10.2.